The minimum Gasteiger partial charge on any atom is -0.372 e. The molecule has 23 heavy (non-hydrogen) atoms. The van der Waals surface area contributed by atoms with Gasteiger partial charge in [-0.3, -0.25) is 4.90 Å². The molecule has 0 saturated carbocycles. The van der Waals surface area contributed by atoms with Crippen LogP contribution in [0.4, 0.5) is 0 Å². The summed E-state index contributed by atoms with van der Waals surface area (Å²) in [7, 11) is 0. The van der Waals surface area contributed by atoms with E-state index in [4.69, 9.17) is 9.47 Å². The molecule has 2 aromatic heterocycles. The zero-order chi connectivity index (χ0) is 15.7. The smallest absolute Gasteiger partial charge is 0.0959 e. The average Bonchev–Trinajstić information content (AvgIpc) is 3.16. The van der Waals surface area contributed by atoms with E-state index >= 15 is 0 Å². The van der Waals surface area contributed by atoms with Gasteiger partial charge in [-0.05, 0) is 35.7 Å². The normalized spacial score (nSPS) is 24.0. The number of nitrogens with zero attached hydrogens (tertiary/aromatic N) is 2. The molecule has 2 saturated heterocycles. The van der Waals surface area contributed by atoms with Crippen LogP contribution >= 0.6 is 22.7 Å². The van der Waals surface area contributed by atoms with Crippen molar-refractivity contribution in [3.63, 3.8) is 0 Å². The van der Waals surface area contributed by atoms with Gasteiger partial charge in [-0.1, -0.05) is 0 Å². The second kappa shape index (κ2) is 6.61. The molecule has 4 rings (SSSR count). The van der Waals surface area contributed by atoms with Crippen molar-refractivity contribution < 1.29 is 9.47 Å². The molecule has 2 aromatic rings. The third-order valence-corrected chi connectivity index (χ3v) is 6.15. The van der Waals surface area contributed by atoms with Gasteiger partial charge in [-0.25, -0.2) is 4.98 Å². The highest BCUT2D eigenvalue weighted by atomic mass is 32.1. The molecule has 0 amide bonds. The molecular weight excluding hydrogens is 328 g/mol. The van der Waals surface area contributed by atoms with Gasteiger partial charge < -0.3 is 9.47 Å². The van der Waals surface area contributed by atoms with Crippen LogP contribution in [-0.2, 0) is 22.6 Å². The Morgan fingerprint density at radius 1 is 1.43 bits per heavy atom. The zero-order valence-electron chi connectivity index (χ0n) is 13.4. The first kappa shape index (κ1) is 15.7. The fraction of sp³-hybridized carbons (Fsp3) is 0.588. The highest BCUT2D eigenvalue weighted by Gasteiger charge is 2.47. The van der Waals surface area contributed by atoms with Crippen LogP contribution in [-0.4, -0.2) is 41.3 Å². The lowest BCUT2D eigenvalue weighted by atomic mass is 9.84. The molecule has 0 bridgehead atoms. The number of thiophene rings is 1. The van der Waals surface area contributed by atoms with E-state index in [1.165, 1.54) is 5.56 Å². The first-order valence-electron chi connectivity index (χ1n) is 8.11. The SMILES string of the molecule is Cc1nc(CO[C@H]2CCOC3(C2)CN(Cc2ccsc2)C3)cs1. The molecule has 2 aliphatic heterocycles. The molecule has 2 aliphatic rings. The minimum absolute atomic E-state index is 0.0247. The lowest BCUT2D eigenvalue weighted by molar-refractivity contribution is -0.200. The summed E-state index contributed by atoms with van der Waals surface area (Å²) in [6.07, 6.45) is 2.31. The van der Waals surface area contributed by atoms with E-state index in [1.54, 1.807) is 22.7 Å². The van der Waals surface area contributed by atoms with Gasteiger partial charge in [0.2, 0.25) is 0 Å². The van der Waals surface area contributed by atoms with Gasteiger partial charge in [0.25, 0.3) is 0 Å². The van der Waals surface area contributed by atoms with E-state index in [0.717, 1.165) is 49.8 Å². The summed E-state index contributed by atoms with van der Waals surface area (Å²) in [4.78, 5) is 6.94. The predicted molar refractivity (Wildman–Crippen MR) is 92.9 cm³/mol. The fourth-order valence-electron chi connectivity index (χ4n) is 3.54. The van der Waals surface area contributed by atoms with Crippen LogP contribution < -0.4 is 0 Å². The highest BCUT2D eigenvalue weighted by Crippen LogP contribution is 2.36. The van der Waals surface area contributed by atoms with E-state index in [0.29, 0.717) is 12.7 Å². The topological polar surface area (TPSA) is 34.6 Å². The molecule has 0 unspecified atom stereocenters. The fourth-order valence-corrected chi connectivity index (χ4v) is 4.80. The van der Waals surface area contributed by atoms with Gasteiger partial charge in [0.1, 0.15) is 0 Å². The number of hydrogen-bond donors (Lipinski definition) is 0. The number of aromatic nitrogens is 1. The lowest BCUT2D eigenvalue weighted by Gasteiger charge is -2.53. The second-order valence-electron chi connectivity index (χ2n) is 6.59. The van der Waals surface area contributed by atoms with Crippen molar-refractivity contribution in [2.75, 3.05) is 19.7 Å². The molecule has 0 aliphatic carbocycles. The monoisotopic (exact) mass is 350 g/mol. The van der Waals surface area contributed by atoms with Crippen LogP contribution in [0.5, 0.6) is 0 Å². The molecule has 1 spiro atoms. The Labute approximate surface area is 145 Å². The van der Waals surface area contributed by atoms with E-state index < -0.39 is 0 Å². The summed E-state index contributed by atoms with van der Waals surface area (Å²) < 4.78 is 12.2. The van der Waals surface area contributed by atoms with Crippen molar-refractivity contribution in [3.8, 4) is 0 Å². The maximum Gasteiger partial charge on any atom is 0.0959 e. The standard InChI is InChI=1S/C17H22N2O2S2/c1-13-18-15(10-23-13)8-20-16-2-4-21-17(6-16)11-19(12-17)7-14-3-5-22-9-14/h3,5,9-10,16H,2,4,6-8,11-12H2,1H3/t16-/m0/s1. The highest BCUT2D eigenvalue weighted by molar-refractivity contribution is 7.09. The van der Waals surface area contributed by atoms with Crippen LogP contribution in [0, 0.1) is 6.92 Å². The van der Waals surface area contributed by atoms with Crippen LogP contribution in [0.2, 0.25) is 0 Å². The second-order valence-corrected chi connectivity index (χ2v) is 8.43. The molecule has 4 nitrogen and oxygen atoms in total. The summed E-state index contributed by atoms with van der Waals surface area (Å²) in [6, 6.07) is 2.21. The largest absolute Gasteiger partial charge is 0.372 e. The van der Waals surface area contributed by atoms with Gasteiger partial charge in [-0.2, -0.15) is 11.3 Å². The van der Waals surface area contributed by atoms with Crippen molar-refractivity contribution in [3.05, 3.63) is 38.5 Å². The Morgan fingerprint density at radius 2 is 2.35 bits per heavy atom. The Balaban J connectivity index is 1.26. The lowest BCUT2D eigenvalue weighted by Crippen LogP contribution is -2.65. The summed E-state index contributed by atoms with van der Waals surface area (Å²) in [5.41, 5.74) is 2.49. The molecule has 2 fully saturated rings. The number of rotatable bonds is 5. The van der Waals surface area contributed by atoms with E-state index in [-0.39, 0.29) is 5.60 Å². The Morgan fingerprint density at radius 3 is 3.09 bits per heavy atom. The summed E-state index contributed by atoms with van der Waals surface area (Å²) >= 11 is 3.45. The van der Waals surface area contributed by atoms with Gasteiger partial charge in [-0.15, -0.1) is 11.3 Å². The number of likely N-dealkylation sites (tertiary alicyclic amines) is 1. The van der Waals surface area contributed by atoms with Crippen LogP contribution in [0.25, 0.3) is 0 Å². The third-order valence-electron chi connectivity index (χ3n) is 4.59. The van der Waals surface area contributed by atoms with E-state index in [9.17, 15) is 0 Å². The maximum atomic E-state index is 6.10. The first-order chi connectivity index (χ1) is 11.2. The molecule has 0 aromatic carbocycles. The van der Waals surface area contributed by atoms with Gasteiger partial charge in [0.15, 0.2) is 0 Å². The number of ether oxygens (including phenoxy) is 2. The number of aryl methyl sites for hydroxylation is 1. The summed E-state index contributed by atoms with van der Waals surface area (Å²) in [5, 5.41) is 7.58. The molecule has 1 atom stereocenters. The van der Waals surface area contributed by atoms with Crippen molar-refractivity contribution in [1.29, 1.82) is 0 Å². The summed E-state index contributed by atoms with van der Waals surface area (Å²) in [6.45, 7) is 6.57. The van der Waals surface area contributed by atoms with Gasteiger partial charge >= 0.3 is 0 Å². The quantitative estimate of drug-likeness (QED) is 0.827. The third kappa shape index (κ3) is 3.67. The predicted octanol–water partition coefficient (Wildman–Crippen LogP) is 3.46. The van der Waals surface area contributed by atoms with Crippen molar-refractivity contribution >= 4 is 22.7 Å². The maximum absolute atomic E-state index is 6.10. The molecular formula is C17H22N2O2S2. The van der Waals surface area contributed by atoms with Crippen molar-refractivity contribution in [1.82, 2.24) is 9.88 Å². The van der Waals surface area contributed by atoms with E-state index in [1.807, 2.05) is 6.92 Å². The molecule has 124 valence electrons. The Hall–Kier alpha value is -0.790. The Kier molecular flexibility index (Phi) is 4.52. The van der Waals surface area contributed by atoms with Gasteiger partial charge in [0.05, 0.1) is 29.0 Å². The average molecular weight is 351 g/mol. The molecule has 0 N–H and O–H groups in total. The minimum atomic E-state index is 0.0247. The van der Waals surface area contributed by atoms with Crippen LogP contribution in [0.15, 0.2) is 22.2 Å². The van der Waals surface area contributed by atoms with Crippen molar-refractivity contribution in [2.24, 2.45) is 0 Å². The molecule has 4 heterocycles. The molecule has 6 heteroatoms. The van der Waals surface area contributed by atoms with E-state index in [2.05, 4.69) is 32.1 Å². The summed E-state index contributed by atoms with van der Waals surface area (Å²) in [5.74, 6) is 0. The van der Waals surface area contributed by atoms with Crippen LogP contribution in [0.1, 0.15) is 29.1 Å². The number of hydrogen-bond acceptors (Lipinski definition) is 6. The van der Waals surface area contributed by atoms with Crippen LogP contribution in [0.3, 0.4) is 0 Å². The Bertz CT molecular complexity index is 635. The zero-order valence-corrected chi connectivity index (χ0v) is 15.0. The molecule has 0 radical (unpaired) electrons. The van der Waals surface area contributed by atoms with Gasteiger partial charge in [0, 0.05) is 38.0 Å². The first-order valence-corrected chi connectivity index (χ1v) is 9.93. The van der Waals surface area contributed by atoms with Crippen molar-refractivity contribution in [2.45, 2.75) is 44.6 Å². The number of thiazole rings is 1.